The molecule has 4 nitrogen and oxygen atoms in total. The van der Waals surface area contributed by atoms with Gasteiger partial charge in [-0.3, -0.25) is 0 Å². The Kier molecular flexibility index (Phi) is 4.22. The van der Waals surface area contributed by atoms with Crippen molar-refractivity contribution in [1.82, 2.24) is 4.90 Å². The van der Waals surface area contributed by atoms with Crippen molar-refractivity contribution >= 4 is 6.09 Å². The van der Waals surface area contributed by atoms with Crippen LogP contribution < -0.4 is 0 Å². The van der Waals surface area contributed by atoms with Crippen molar-refractivity contribution < 1.29 is 14.6 Å². The van der Waals surface area contributed by atoms with Gasteiger partial charge < -0.3 is 14.7 Å². The number of nitrogens with zero attached hydrogens (tertiary/aromatic N) is 1. The number of hydrogen-bond donors (Lipinski definition) is 1. The zero-order valence-corrected chi connectivity index (χ0v) is 11.7. The Labute approximate surface area is 109 Å². The number of carbonyl (C=O) groups excluding carboxylic acids is 1. The molecule has 1 heterocycles. The van der Waals surface area contributed by atoms with Crippen LogP contribution in [0.2, 0.25) is 0 Å². The molecule has 0 aromatic heterocycles. The van der Waals surface area contributed by atoms with Crippen LogP contribution in [-0.2, 0) is 4.74 Å². The first-order valence-corrected chi connectivity index (χ1v) is 6.24. The van der Waals surface area contributed by atoms with E-state index < -0.39 is 11.2 Å². The molecule has 0 spiro atoms. The maximum atomic E-state index is 11.7. The molecule has 0 atom stereocenters. The molecule has 0 bridgehead atoms. The monoisotopic (exact) mass is 253 g/mol. The van der Waals surface area contributed by atoms with E-state index in [1.807, 2.05) is 39.8 Å². The summed E-state index contributed by atoms with van der Waals surface area (Å²) in [5.41, 5.74) is -0.865. The van der Waals surface area contributed by atoms with Crippen LogP contribution in [0, 0.1) is 0 Å². The van der Waals surface area contributed by atoms with Gasteiger partial charge in [0.2, 0.25) is 0 Å². The van der Waals surface area contributed by atoms with Crippen LogP contribution in [0.25, 0.3) is 0 Å². The van der Waals surface area contributed by atoms with Crippen molar-refractivity contribution in [2.24, 2.45) is 0 Å². The summed E-state index contributed by atoms with van der Waals surface area (Å²) < 4.78 is 5.22. The average Bonchev–Trinajstić information content (AvgIpc) is 2.18. The lowest BCUT2D eigenvalue weighted by Crippen LogP contribution is -2.64. The first kappa shape index (κ1) is 14.8. The summed E-state index contributed by atoms with van der Waals surface area (Å²) >= 11 is 0. The average molecular weight is 253 g/mol. The molecule has 18 heavy (non-hydrogen) atoms. The van der Waals surface area contributed by atoms with Gasteiger partial charge in [-0.15, -0.1) is 0 Å². The summed E-state index contributed by atoms with van der Waals surface area (Å²) in [6.07, 6.45) is 4.26. The summed E-state index contributed by atoms with van der Waals surface area (Å²) in [6, 6.07) is 0. The number of carbonyl (C=O) groups is 1. The molecule has 4 heteroatoms. The van der Waals surface area contributed by atoms with E-state index in [9.17, 15) is 9.90 Å². The van der Waals surface area contributed by atoms with Crippen LogP contribution in [0.1, 0.15) is 34.1 Å². The van der Waals surface area contributed by atoms with Crippen molar-refractivity contribution in [2.75, 3.05) is 13.1 Å². The Morgan fingerprint density at radius 1 is 1.50 bits per heavy atom. The highest BCUT2D eigenvalue weighted by atomic mass is 16.6. The summed E-state index contributed by atoms with van der Waals surface area (Å²) in [5.74, 6) is 0. The van der Waals surface area contributed by atoms with Crippen LogP contribution in [0.3, 0.4) is 0 Å². The minimum Gasteiger partial charge on any atom is -0.444 e. The number of allylic oxidation sites excluding steroid dienone is 1. The van der Waals surface area contributed by atoms with E-state index >= 15 is 0 Å². The Hall–Kier alpha value is -1.29. The van der Waals surface area contributed by atoms with E-state index in [-0.39, 0.29) is 19.2 Å². The molecule has 1 aliphatic rings. The fourth-order valence-electron chi connectivity index (χ4n) is 1.66. The third kappa shape index (κ3) is 3.60. The van der Waals surface area contributed by atoms with Crippen LogP contribution in [0.4, 0.5) is 4.79 Å². The normalized spacial score (nSPS) is 18.6. The molecule has 0 aromatic carbocycles. The highest BCUT2D eigenvalue weighted by molar-refractivity contribution is 5.70. The van der Waals surface area contributed by atoms with Gasteiger partial charge in [-0.2, -0.15) is 0 Å². The Morgan fingerprint density at radius 3 is 2.50 bits per heavy atom. The maximum Gasteiger partial charge on any atom is 0.410 e. The van der Waals surface area contributed by atoms with Gasteiger partial charge in [-0.05, 0) is 32.8 Å². The second-order valence-corrected chi connectivity index (χ2v) is 5.70. The van der Waals surface area contributed by atoms with Crippen LogP contribution in [0.15, 0.2) is 24.3 Å². The maximum absolute atomic E-state index is 11.7. The molecular weight excluding hydrogens is 230 g/mol. The van der Waals surface area contributed by atoms with E-state index in [0.29, 0.717) is 5.57 Å². The van der Waals surface area contributed by atoms with E-state index in [0.717, 1.165) is 6.42 Å². The number of β-amino-alcohol motifs (C(OH)–C–C–N with tert-alkyl or cyclic N) is 1. The lowest BCUT2D eigenvalue weighted by atomic mass is 9.86. The molecule has 1 amide bonds. The highest BCUT2D eigenvalue weighted by Gasteiger charge is 2.46. The van der Waals surface area contributed by atoms with Gasteiger partial charge in [0.15, 0.2) is 0 Å². The molecule has 0 saturated carbocycles. The van der Waals surface area contributed by atoms with Gasteiger partial charge in [-0.25, -0.2) is 4.79 Å². The fraction of sp³-hybridized carbons (Fsp3) is 0.643. The minimum absolute atomic E-state index is 0.245. The van der Waals surface area contributed by atoms with Crippen LogP contribution in [0.5, 0.6) is 0 Å². The van der Waals surface area contributed by atoms with Crippen molar-refractivity contribution in [3.05, 3.63) is 24.3 Å². The quantitative estimate of drug-likeness (QED) is 0.786. The summed E-state index contributed by atoms with van der Waals surface area (Å²) in [4.78, 5) is 13.2. The number of amides is 1. The molecule has 1 N–H and O–H groups in total. The third-order valence-corrected chi connectivity index (χ3v) is 2.71. The Morgan fingerprint density at radius 2 is 2.06 bits per heavy atom. The SMILES string of the molecule is C=C(/C=C\CC)C1(O)CN(C(=O)OC(C)(C)C)C1. The van der Waals surface area contributed by atoms with Crippen molar-refractivity contribution in [2.45, 2.75) is 45.3 Å². The summed E-state index contributed by atoms with van der Waals surface area (Å²) in [5, 5.41) is 10.2. The van der Waals surface area contributed by atoms with Gasteiger partial charge in [0.05, 0.1) is 13.1 Å². The van der Waals surface area contributed by atoms with Crippen LogP contribution in [-0.4, -0.2) is 40.4 Å². The van der Waals surface area contributed by atoms with Gasteiger partial charge in [0.25, 0.3) is 0 Å². The second-order valence-electron chi connectivity index (χ2n) is 5.70. The van der Waals surface area contributed by atoms with Crippen molar-refractivity contribution in [3.8, 4) is 0 Å². The van der Waals surface area contributed by atoms with Gasteiger partial charge in [0.1, 0.15) is 11.2 Å². The topological polar surface area (TPSA) is 49.8 Å². The minimum atomic E-state index is -0.997. The van der Waals surface area contributed by atoms with Crippen LogP contribution >= 0.6 is 0 Å². The number of aliphatic hydroxyl groups is 1. The predicted octanol–water partition coefficient (Wildman–Crippen LogP) is 2.49. The number of rotatable bonds is 3. The number of hydrogen-bond acceptors (Lipinski definition) is 3. The van der Waals surface area contributed by atoms with Crippen molar-refractivity contribution in [1.29, 1.82) is 0 Å². The first-order valence-electron chi connectivity index (χ1n) is 6.24. The largest absolute Gasteiger partial charge is 0.444 e. The van der Waals surface area contributed by atoms with Gasteiger partial charge in [-0.1, -0.05) is 25.7 Å². The van der Waals surface area contributed by atoms with Gasteiger partial charge >= 0.3 is 6.09 Å². The molecule has 0 aliphatic carbocycles. The molecule has 0 aromatic rings. The zero-order valence-electron chi connectivity index (χ0n) is 11.7. The van der Waals surface area contributed by atoms with E-state index in [1.165, 1.54) is 4.90 Å². The Balaban J connectivity index is 2.50. The molecular formula is C14H23NO3. The van der Waals surface area contributed by atoms with E-state index in [2.05, 4.69) is 6.58 Å². The lowest BCUT2D eigenvalue weighted by molar-refractivity contribution is -0.0735. The lowest BCUT2D eigenvalue weighted by Gasteiger charge is -2.46. The summed E-state index contributed by atoms with van der Waals surface area (Å²) in [7, 11) is 0. The zero-order chi connectivity index (χ0) is 14.0. The smallest absolute Gasteiger partial charge is 0.410 e. The highest BCUT2D eigenvalue weighted by Crippen LogP contribution is 2.29. The standard InChI is InChI=1S/C14H23NO3/c1-6-7-8-11(2)14(17)9-15(10-14)12(16)18-13(3,4)5/h7-8,17H,2,6,9-10H2,1,3-5H3/b8-7-. The van der Waals surface area contributed by atoms with Crippen molar-refractivity contribution in [3.63, 3.8) is 0 Å². The fourth-order valence-corrected chi connectivity index (χ4v) is 1.66. The predicted molar refractivity (Wildman–Crippen MR) is 71.3 cm³/mol. The molecule has 1 rings (SSSR count). The molecule has 1 fully saturated rings. The molecule has 1 aliphatic heterocycles. The van der Waals surface area contributed by atoms with E-state index in [4.69, 9.17) is 4.74 Å². The summed E-state index contributed by atoms with van der Waals surface area (Å²) in [6.45, 7) is 11.8. The van der Waals surface area contributed by atoms with Gasteiger partial charge in [0, 0.05) is 0 Å². The van der Waals surface area contributed by atoms with E-state index in [1.54, 1.807) is 0 Å². The first-order chi connectivity index (χ1) is 8.18. The number of likely N-dealkylation sites (tertiary alicyclic amines) is 1. The molecule has 1 saturated heterocycles. The Bertz CT molecular complexity index is 360. The molecule has 0 unspecified atom stereocenters. The third-order valence-electron chi connectivity index (χ3n) is 2.71. The second kappa shape index (κ2) is 5.14. The molecule has 102 valence electrons. The number of ether oxygens (including phenoxy) is 1. The molecule has 0 radical (unpaired) electrons.